The van der Waals surface area contributed by atoms with Gasteiger partial charge < -0.3 is 24.0 Å². The molecule has 4 aromatic rings. The van der Waals surface area contributed by atoms with E-state index in [-0.39, 0.29) is 23.1 Å². The highest BCUT2D eigenvalue weighted by Crippen LogP contribution is 2.65. The molecule has 1 saturated heterocycles. The fraction of sp³-hybridized carbons (Fsp3) is 0.355. The molecular weight excluding hydrogens is 525 g/mol. The van der Waals surface area contributed by atoms with E-state index in [2.05, 4.69) is 14.5 Å². The molecule has 2 aromatic carbocycles. The van der Waals surface area contributed by atoms with E-state index in [0.29, 0.717) is 36.0 Å². The van der Waals surface area contributed by atoms with Crippen LogP contribution in [0.2, 0.25) is 0 Å². The molecule has 1 aliphatic carbocycles. The number of aromatic nitrogens is 3. The minimum Gasteiger partial charge on any atom is -0.478 e. The van der Waals surface area contributed by atoms with Crippen molar-refractivity contribution in [1.29, 1.82) is 5.26 Å². The van der Waals surface area contributed by atoms with Crippen molar-refractivity contribution in [3.05, 3.63) is 82.9 Å². The summed E-state index contributed by atoms with van der Waals surface area (Å²) in [5, 5.41) is 18.4. The number of hydrogen-bond donors (Lipinski definition) is 1. The topological polar surface area (TPSA) is 114 Å². The summed E-state index contributed by atoms with van der Waals surface area (Å²) < 4.78 is 27.6. The van der Waals surface area contributed by atoms with Crippen LogP contribution in [0.25, 0.3) is 11.0 Å². The smallest absolute Gasteiger partial charge is 0.335 e. The highest BCUT2D eigenvalue weighted by molar-refractivity contribution is 5.92. The summed E-state index contributed by atoms with van der Waals surface area (Å²) in [5.41, 5.74) is 2.68. The lowest BCUT2D eigenvalue weighted by molar-refractivity contribution is 0.0697. The van der Waals surface area contributed by atoms with E-state index in [1.54, 1.807) is 37.4 Å². The van der Waals surface area contributed by atoms with Crippen molar-refractivity contribution in [1.82, 2.24) is 14.5 Å². The molecule has 1 N–H and O–H groups in total. The Bertz CT molecular complexity index is 1650. The number of anilines is 1. The van der Waals surface area contributed by atoms with Crippen LogP contribution in [0.3, 0.4) is 0 Å². The first-order valence-corrected chi connectivity index (χ1v) is 13.7. The highest BCUT2D eigenvalue weighted by Gasteiger charge is 2.57. The maximum Gasteiger partial charge on any atom is 0.335 e. The zero-order chi connectivity index (χ0) is 28.6. The monoisotopic (exact) mass is 555 g/mol. The Kier molecular flexibility index (Phi) is 7.05. The number of nitriles is 1. The van der Waals surface area contributed by atoms with E-state index < -0.39 is 11.8 Å². The summed E-state index contributed by atoms with van der Waals surface area (Å²) in [6.45, 7) is 2.93. The molecule has 1 spiro atoms. The molecule has 2 aromatic heterocycles. The van der Waals surface area contributed by atoms with Gasteiger partial charge in [-0.05, 0) is 61.1 Å². The number of hydrogen-bond acceptors (Lipinski definition) is 7. The van der Waals surface area contributed by atoms with Gasteiger partial charge in [0.2, 0.25) is 5.88 Å². The van der Waals surface area contributed by atoms with Crippen LogP contribution in [0.1, 0.15) is 52.5 Å². The van der Waals surface area contributed by atoms with Gasteiger partial charge in [-0.2, -0.15) is 10.2 Å². The van der Waals surface area contributed by atoms with Crippen molar-refractivity contribution in [2.75, 3.05) is 31.7 Å². The summed E-state index contributed by atoms with van der Waals surface area (Å²) in [4.78, 5) is 23.4. The first kappa shape index (κ1) is 26.7. The normalized spacial score (nSPS) is 17.5. The van der Waals surface area contributed by atoms with Crippen LogP contribution in [0, 0.1) is 22.6 Å². The van der Waals surface area contributed by atoms with Crippen molar-refractivity contribution < 1.29 is 23.8 Å². The van der Waals surface area contributed by atoms with Gasteiger partial charge in [-0.25, -0.2) is 14.2 Å². The van der Waals surface area contributed by atoms with Crippen molar-refractivity contribution in [2.45, 2.75) is 38.3 Å². The van der Waals surface area contributed by atoms with Gasteiger partial charge in [0.1, 0.15) is 24.1 Å². The molecular formula is C31H30FN5O4. The molecule has 0 amide bonds. The number of aromatic carboxylic acids is 1. The molecule has 210 valence electrons. The first-order valence-electron chi connectivity index (χ1n) is 13.7. The number of halogens is 1. The van der Waals surface area contributed by atoms with Crippen LogP contribution in [0.4, 0.5) is 10.2 Å². The lowest BCUT2D eigenvalue weighted by atomic mass is 9.90. The third kappa shape index (κ3) is 5.21. The Hall–Kier alpha value is -4.49. The van der Waals surface area contributed by atoms with E-state index in [4.69, 9.17) is 19.7 Å². The second kappa shape index (κ2) is 10.8. The minimum atomic E-state index is -0.959. The van der Waals surface area contributed by atoms with E-state index in [0.717, 1.165) is 49.5 Å². The molecule has 1 saturated carbocycles. The molecule has 1 aliphatic heterocycles. The SMILES string of the molecule is COCCn1c(C2CC23CCN(c2cccc(OCc4ccc(C#N)cc4F)n2)CC3)nc2cc(C(=O)O)ccc21. The zero-order valence-electron chi connectivity index (χ0n) is 22.7. The molecule has 10 heteroatoms. The van der Waals surface area contributed by atoms with E-state index in [1.165, 1.54) is 6.07 Å². The van der Waals surface area contributed by atoms with E-state index in [9.17, 15) is 14.3 Å². The molecule has 0 radical (unpaired) electrons. The van der Waals surface area contributed by atoms with Gasteiger partial charge in [-0.1, -0.05) is 12.1 Å². The van der Waals surface area contributed by atoms with E-state index in [1.807, 2.05) is 24.3 Å². The molecule has 1 unspecified atom stereocenters. The number of fused-ring (bicyclic) bond motifs is 1. The van der Waals surface area contributed by atoms with Gasteiger partial charge in [0.15, 0.2) is 0 Å². The van der Waals surface area contributed by atoms with Crippen LogP contribution in [0.5, 0.6) is 5.88 Å². The minimum absolute atomic E-state index is 0.0246. The van der Waals surface area contributed by atoms with Gasteiger partial charge in [0, 0.05) is 44.3 Å². The fourth-order valence-electron chi connectivity index (χ4n) is 5.96. The van der Waals surface area contributed by atoms with Crippen molar-refractivity contribution in [3.63, 3.8) is 0 Å². The summed E-state index contributed by atoms with van der Waals surface area (Å²) in [7, 11) is 1.68. The van der Waals surface area contributed by atoms with Crippen molar-refractivity contribution >= 4 is 22.8 Å². The Labute approximate surface area is 236 Å². The molecule has 6 rings (SSSR count). The zero-order valence-corrected chi connectivity index (χ0v) is 22.7. The number of methoxy groups -OCH3 is 1. The number of piperidine rings is 1. The van der Waals surface area contributed by atoms with Gasteiger partial charge in [0.25, 0.3) is 0 Å². The average molecular weight is 556 g/mol. The Morgan fingerprint density at radius 2 is 2.00 bits per heavy atom. The lowest BCUT2D eigenvalue weighted by Crippen LogP contribution is -2.35. The van der Waals surface area contributed by atoms with Crippen molar-refractivity contribution in [3.8, 4) is 11.9 Å². The largest absolute Gasteiger partial charge is 0.478 e. The summed E-state index contributed by atoms with van der Waals surface area (Å²) >= 11 is 0. The number of benzene rings is 2. The molecule has 0 bridgehead atoms. The number of nitrogens with zero attached hydrogens (tertiary/aromatic N) is 5. The number of carboxylic acids is 1. The maximum atomic E-state index is 14.2. The molecule has 41 heavy (non-hydrogen) atoms. The molecule has 9 nitrogen and oxygen atoms in total. The maximum absolute atomic E-state index is 14.2. The summed E-state index contributed by atoms with van der Waals surface area (Å²) in [5.74, 6) is 1.13. The predicted octanol–water partition coefficient (Wildman–Crippen LogP) is 5.14. The number of carbonyl (C=O) groups is 1. The highest BCUT2D eigenvalue weighted by atomic mass is 19.1. The fourth-order valence-corrected chi connectivity index (χ4v) is 5.96. The third-order valence-electron chi connectivity index (χ3n) is 8.39. The number of pyridine rings is 1. The summed E-state index contributed by atoms with van der Waals surface area (Å²) in [6, 6.07) is 17.0. The van der Waals surface area contributed by atoms with Crippen LogP contribution >= 0.6 is 0 Å². The first-order chi connectivity index (χ1) is 19.9. The van der Waals surface area contributed by atoms with Gasteiger partial charge >= 0.3 is 5.97 Å². The lowest BCUT2D eigenvalue weighted by Gasteiger charge is -2.34. The molecule has 3 heterocycles. The van der Waals surface area contributed by atoms with Gasteiger partial charge in [0.05, 0.1) is 34.8 Å². The second-order valence-electron chi connectivity index (χ2n) is 10.8. The number of rotatable bonds is 9. The Morgan fingerprint density at radius 1 is 1.17 bits per heavy atom. The average Bonchev–Trinajstić information content (AvgIpc) is 3.55. The van der Waals surface area contributed by atoms with Gasteiger partial charge in [-0.3, -0.25) is 0 Å². The van der Waals surface area contributed by atoms with Gasteiger partial charge in [-0.15, -0.1) is 0 Å². The van der Waals surface area contributed by atoms with E-state index >= 15 is 0 Å². The standard InChI is InChI=1S/C31H30FN5O4/c1-40-14-13-37-26-8-7-21(30(38)39)16-25(26)34-29(37)23-17-31(23)9-11-36(12-10-31)27-3-2-4-28(35-27)41-19-22-6-5-20(18-33)15-24(22)32/h2-8,15-16,23H,9-14,17,19H2,1H3,(H,38,39). The summed E-state index contributed by atoms with van der Waals surface area (Å²) in [6.07, 6.45) is 3.04. The molecule has 2 fully saturated rings. The number of ether oxygens (including phenoxy) is 2. The molecule has 2 aliphatic rings. The Morgan fingerprint density at radius 3 is 2.73 bits per heavy atom. The van der Waals surface area contributed by atoms with Crippen LogP contribution < -0.4 is 9.64 Å². The van der Waals surface area contributed by atoms with Crippen LogP contribution in [-0.2, 0) is 17.9 Å². The van der Waals surface area contributed by atoms with Crippen LogP contribution in [0.15, 0.2) is 54.6 Å². The number of carboxylic acid groups (broad SMARTS) is 1. The second-order valence-corrected chi connectivity index (χ2v) is 10.8. The predicted molar refractivity (Wildman–Crippen MR) is 149 cm³/mol. The van der Waals surface area contributed by atoms with Crippen LogP contribution in [-0.4, -0.2) is 52.4 Å². The quantitative estimate of drug-likeness (QED) is 0.302. The van der Waals surface area contributed by atoms with Crippen molar-refractivity contribution in [2.24, 2.45) is 5.41 Å². The number of imidazole rings is 1. The third-order valence-corrected chi connectivity index (χ3v) is 8.39. The molecule has 1 atom stereocenters. The Balaban J connectivity index is 1.13.